The number of hydrogen-bond acceptors (Lipinski definition) is 3. The van der Waals surface area contributed by atoms with Crippen LogP contribution in [0.15, 0.2) is 0 Å². The molecule has 0 aromatic heterocycles. The fourth-order valence-corrected chi connectivity index (χ4v) is 1.83. The molecule has 1 saturated heterocycles. The maximum absolute atomic E-state index is 5.68. The van der Waals surface area contributed by atoms with Gasteiger partial charge >= 0.3 is 0 Å². The van der Waals surface area contributed by atoms with Crippen molar-refractivity contribution in [3.63, 3.8) is 0 Å². The minimum atomic E-state index is 0.0985. The van der Waals surface area contributed by atoms with E-state index in [0.717, 1.165) is 32.7 Å². The molecule has 3 nitrogen and oxygen atoms in total. The van der Waals surface area contributed by atoms with Crippen molar-refractivity contribution >= 4 is 0 Å². The zero-order valence-electron chi connectivity index (χ0n) is 9.47. The number of rotatable bonds is 7. The van der Waals surface area contributed by atoms with Crippen molar-refractivity contribution in [1.29, 1.82) is 0 Å². The first-order valence-corrected chi connectivity index (χ1v) is 5.60. The minimum absolute atomic E-state index is 0.0985. The molecule has 84 valence electrons. The van der Waals surface area contributed by atoms with Crippen LogP contribution in [0, 0.1) is 0 Å². The Kier molecular flexibility index (Phi) is 5.45. The quantitative estimate of drug-likeness (QED) is 0.634. The van der Waals surface area contributed by atoms with Crippen LogP contribution in [0.4, 0.5) is 0 Å². The van der Waals surface area contributed by atoms with Gasteiger partial charge in [-0.05, 0) is 39.2 Å². The average Bonchev–Trinajstić information content (AvgIpc) is 2.59. The second-order valence-electron chi connectivity index (χ2n) is 4.28. The highest BCUT2D eigenvalue weighted by Crippen LogP contribution is 2.23. The standard InChI is InChI=1S/C11H23NO2/c1-11(6-5-9-14-11)10-12-7-3-4-8-13-2/h12H,3-10H2,1-2H3. The summed E-state index contributed by atoms with van der Waals surface area (Å²) in [5.41, 5.74) is 0.0985. The second kappa shape index (κ2) is 6.38. The number of unbranched alkanes of at least 4 members (excludes halogenated alkanes) is 1. The lowest BCUT2D eigenvalue weighted by Gasteiger charge is -2.23. The zero-order valence-corrected chi connectivity index (χ0v) is 9.47. The van der Waals surface area contributed by atoms with Crippen LogP contribution in [-0.4, -0.2) is 39.0 Å². The van der Waals surface area contributed by atoms with E-state index < -0.39 is 0 Å². The molecule has 1 fully saturated rings. The molecule has 1 atom stereocenters. The lowest BCUT2D eigenvalue weighted by molar-refractivity contribution is 0.0209. The topological polar surface area (TPSA) is 30.5 Å². The minimum Gasteiger partial charge on any atom is -0.385 e. The number of hydrogen-bond donors (Lipinski definition) is 1. The lowest BCUT2D eigenvalue weighted by atomic mass is 10.0. The van der Waals surface area contributed by atoms with Gasteiger partial charge in [0.2, 0.25) is 0 Å². The van der Waals surface area contributed by atoms with Gasteiger partial charge in [-0.25, -0.2) is 0 Å². The molecule has 3 heteroatoms. The molecule has 0 aliphatic carbocycles. The first-order chi connectivity index (χ1) is 6.77. The van der Waals surface area contributed by atoms with E-state index in [1.165, 1.54) is 19.3 Å². The Balaban J connectivity index is 1.92. The first-order valence-electron chi connectivity index (χ1n) is 5.60. The van der Waals surface area contributed by atoms with E-state index in [1.54, 1.807) is 7.11 Å². The van der Waals surface area contributed by atoms with E-state index in [4.69, 9.17) is 9.47 Å². The van der Waals surface area contributed by atoms with Gasteiger partial charge in [-0.1, -0.05) is 0 Å². The molecule has 0 saturated carbocycles. The summed E-state index contributed by atoms with van der Waals surface area (Å²) in [6, 6.07) is 0. The molecule has 0 amide bonds. The summed E-state index contributed by atoms with van der Waals surface area (Å²) < 4.78 is 10.7. The third-order valence-electron chi connectivity index (χ3n) is 2.75. The summed E-state index contributed by atoms with van der Waals surface area (Å²) in [5, 5.41) is 3.45. The molecule has 1 unspecified atom stereocenters. The third-order valence-corrected chi connectivity index (χ3v) is 2.75. The van der Waals surface area contributed by atoms with Gasteiger partial charge in [0.15, 0.2) is 0 Å². The van der Waals surface area contributed by atoms with Gasteiger partial charge in [-0.3, -0.25) is 0 Å². The number of nitrogens with one attached hydrogen (secondary N) is 1. The van der Waals surface area contributed by atoms with Crippen LogP contribution in [0.2, 0.25) is 0 Å². The Morgan fingerprint density at radius 1 is 1.43 bits per heavy atom. The molecular formula is C11H23NO2. The molecule has 0 aromatic rings. The third kappa shape index (κ3) is 4.40. The van der Waals surface area contributed by atoms with E-state index in [0.29, 0.717) is 0 Å². The van der Waals surface area contributed by atoms with Crippen LogP contribution >= 0.6 is 0 Å². The van der Waals surface area contributed by atoms with Gasteiger partial charge in [-0.2, -0.15) is 0 Å². The summed E-state index contributed by atoms with van der Waals surface area (Å²) in [6.45, 7) is 6.06. The number of methoxy groups -OCH3 is 1. The van der Waals surface area contributed by atoms with E-state index in [-0.39, 0.29) is 5.60 Å². The van der Waals surface area contributed by atoms with Crippen LogP contribution in [0.1, 0.15) is 32.6 Å². The van der Waals surface area contributed by atoms with E-state index in [9.17, 15) is 0 Å². The Hall–Kier alpha value is -0.120. The van der Waals surface area contributed by atoms with Crippen molar-refractivity contribution in [3.05, 3.63) is 0 Å². The maximum Gasteiger partial charge on any atom is 0.0779 e. The molecule has 1 rings (SSSR count). The van der Waals surface area contributed by atoms with Crippen molar-refractivity contribution in [3.8, 4) is 0 Å². The van der Waals surface area contributed by atoms with Crippen LogP contribution in [0.5, 0.6) is 0 Å². The van der Waals surface area contributed by atoms with Gasteiger partial charge in [-0.15, -0.1) is 0 Å². The summed E-state index contributed by atoms with van der Waals surface area (Å²) in [7, 11) is 1.75. The Bertz CT molecular complexity index is 144. The van der Waals surface area contributed by atoms with Gasteiger partial charge in [0.05, 0.1) is 5.60 Å². The monoisotopic (exact) mass is 201 g/mol. The fraction of sp³-hybridized carbons (Fsp3) is 1.00. The Labute approximate surface area is 87.2 Å². The molecule has 14 heavy (non-hydrogen) atoms. The van der Waals surface area contributed by atoms with Crippen molar-refractivity contribution in [2.24, 2.45) is 0 Å². The van der Waals surface area contributed by atoms with Crippen LogP contribution in [-0.2, 0) is 9.47 Å². The highest BCUT2D eigenvalue weighted by molar-refractivity contribution is 4.82. The molecule has 1 aliphatic heterocycles. The predicted octanol–water partition coefficient (Wildman–Crippen LogP) is 1.57. The lowest BCUT2D eigenvalue weighted by Crippen LogP contribution is -2.37. The number of ether oxygens (including phenoxy) is 2. The molecule has 1 heterocycles. The molecular weight excluding hydrogens is 178 g/mol. The maximum atomic E-state index is 5.68. The zero-order chi connectivity index (χ0) is 10.3. The molecule has 0 aromatic carbocycles. The SMILES string of the molecule is COCCCCNCC1(C)CCCO1. The van der Waals surface area contributed by atoms with Gasteiger partial charge in [0, 0.05) is 26.9 Å². The molecule has 1 aliphatic rings. The van der Waals surface area contributed by atoms with Crippen molar-refractivity contribution < 1.29 is 9.47 Å². The largest absolute Gasteiger partial charge is 0.385 e. The Morgan fingerprint density at radius 3 is 2.93 bits per heavy atom. The smallest absolute Gasteiger partial charge is 0.0779 e. The Morgan fingerprint density at radius 2 is 2.29 bits per heavy atom. The van der Waals surface area contributed by atoms with Crippen LogP contribution in [0.25, 0.3) is 0 Å². The van der Waals surface area contributed by atoms with Crippen molar-refractivity contribution in [2.45, 2.75) is 38.2 Å². The van der Waals surface area contributed by atoms with Crippen LogP contribution in [0.3, 0.4) is 0 Å². The molecule has 0 spiro atoms. The second-order valence-corrected chi connectivity index (χ2v) is 4.28. The van der Waals surface area contributed by atoms with Gasteiger partial charge < -0.3 is 14.8 Å². The summed E-state index contributed by atoms with van der Waals surface area (Å²) in [6.07, 6.45) is 4.73. The first kappa shape index (κ1) is 12.0. The predicted molar refractivity (Wildman–Crippen MR) is 57.6 cm³/mol. The highest BCUT2D eigenvalue weighted by atomic mass is 16.5. The molecule has 1 N–H and O–H groups in total. The van der Waals surface area contributed by atoms with Gasteiger partial charge in [0.25, 0.3) is 0 Å². The molecule has 0 radical (unpaired) electrons. The van der Waals surface area contributed by atoms with E-state index >= 15 is 0 Å². The summed E-state index contributed by atoms with van der Waals surface area (Å²) in [5.74, 6) is 0. The highest BCUT2D eigenvalue weighted by Gasteiger charge is 2.28. The van der Waals surface area contributed by atoms with Crippen molar-refractivity contribution in [1.82, 2.24) is 5.32 Å². The summed E-state index contributed by atoms with van der Waals surface area (Å²) >= 11 is 0. The molecule has 0 bridgehead atoms. The van der Waals surface area contributed by atoms with Crippen molar-refractivity contribution in [2.75, 3.05) is 33.4 Å². The van der Waals surface area contributed by atoms with Crippen LogP contribution < -0.4 is 5.32 Å². The normalized spacial score (nSPS) is 27.0. The fourth-order valence-electron chi connectivity index (χ4n) is 1.83. The van der Waals surface area contributed by atoms with E-state index in [2.05, 4.69) is 12.2 Å². The average molecular weight is 201 g/mol. The van der Waals surface area contributed by atoms with E-state index in [1.807, 2.05) is 0 Å². The van der Waals surface area contributed by atoms with Gasteiger partial charge in [0.1, 0.15) is 0 Å². The summed E-state index contributed by atoms with van der Waals surface area (Å²) in [4.78, 5) is 0.